The Kier molecular flexibility index (Phi) is 4.30. The first-order valence-corrected chi connectivity index (χ1v) is 6.48. The van der Waals surface area contributed by atoms with Crippen LogP contribution in [0, 0.1) is 0 Å². The van der Waals surface area contributed by atoms with Crippen LogP contribution in [-0.4, -0.2) is 51.2 Å². The summed E-state index contributed by atoms with van der Waals surface area (Å²) in [6.45, 7) is 4.30. The molecule has 0 aliphatic carbocycles. The Balaban J connectivity index is 1.67. The van der Waals surface area contributed by atoms with Gasteiger partial charge in [0.1, 0.15) is 12.2 Å². The number of carbonyl (C=O) groups is 1. The van der Waals surface area contributed by atoms with Crippen LogP contribution in [-0.2, 0) is 18.3 Å². The largest absolute Gasteiger partial charge is 0.343 e. The molecule has 100 valence electrons. The van der Waals surface area contributed by atoms with Gasteiger partial charge in [-0.2, -0.15) is 0 Å². The van der Waals surface area contributed by atoms with Crippen molar-refractivity contribution in [1.82, 2.24) is 25.0 Å². The zero-order valence-electron chi connectivity index (χ0n) is 11.1. The maximum atomic E-state index is 11.2. The van der Waals surface area contributed by atoms with Crippen molar-refractivity contribution in [2.24, 2.45) is 7.05 Å². The van der Waals surface area contributed by atoms with Gasteiger partial charge in [-0.1, -0.05) is 0 Å². The number of likely N-dealkylation sites (tertiary alicyclic amines) is 1. The van der Waals surface area contributed by atoms with Gasteiger partial charge < -0.3 is 14.8 Å². The summed E-state index contributed by atoms with van der Waals surface area (Å²) in [4.78, 5) is 13.1. The van der Waals surface area contributed by atoms with Gasteiger partial charge in [0.25, 0.3) is 0 Å². The molecule has 0 spiro atoms. The van der Waals surface area contributed by atoms with Crippen LogP contribution < -0.4 is 5.32 Å². The van der Waals surface area contributed by atoms with E-state index in [0.717, 1.165) is 44.7 Å². The molecule has 6 heteroatoms. The van der Waals surface area contributed by atoms with Crippen molar-refractivity contribution in [2.45, 2.75) is 32.2 Å². The van der Waals surface area contributed by atoms with E-state index in [1.165, 1.54) is 0 Å². The lowest BCUT2D eigenvalue weighted by Crippen LogP contribution is -2.44. The van der Waals surface area contributed by atoms with Crippen LogP contribution in [0.3, 0.4) is 0 Å². The van der Waals surface area contributed by atoms with Gasteiger partial charge in [0.15, 0.2) is 0 Å². The molecule has 0 saturated carbocycles. The van der Waals surface area contributed by atoms with Gasteiger partial charge in [0.2, 0.25) is 5.91 Å². The van der Waals surface area contributed by atoms with E-state index in [1.807, 2.05) is 16.5 Å². The third-order valence-electron chi connectivity index (χ3n) is 3.53. The molecule has 0 aromatic carbocycles. The number of piperidine rings is 1. The zero-order valence-corrected chi connectivity index (χ0v) is 11.1. The number of nitrogens with zero attached hydrogens (tertiary/aromatic N) is 4. The minimum atomic E-state index is 0.188. The molecular weight excluding hydrogens is 230 g/mol. The van der Waals surface area contributed by atoms with Gasteiger partial charge >= 0.3 is 0 Å². The molecule has 1 aliphatic heterocycles. The normalized spacial score (nSPS) is 17.1. The Bertz CT molecular complexity index is 395. The number of nitrogens with one attached hydrogen (secondary N) is 1. The van der Waals surface area contributed by atoms with Crippen LogP contribution in [0.1, 0.15) is 25.6 Å². The fraction of sp³-hybridized carbons (Fsp3) is 0.750. The molecule has 18 heavy (non-hydrogen) atoms. The van der Waals surface area contributed by atoms with E-state index in [0.29, 0.717) is 6.04 Å². The standard InChI is InChI=1S/C12H21N5O/c1-10(18)17-7-4-11(5-8-17)13-6-3-12-15-14-9-16(12)2/h9,11,13H,3-8H2,1-2H3. The average Bonchev–Trinajstić information content (AvgIpc) is 2.76. The number of hydrogen-bond acceptors (Lipinski definition) is 4. The Morgan fingerprint density at radius 1 is 1.50 bits per heavy atom. The molecule has 2 heterocycles. The highest BCUT2D eigenvalue weighted by Crippen LogP contribution is 2.10. The average molecular weight is 251 g/mol. The second kappa shape index (κ2) is 5.95. The summed E-state index contributed by atoms with van der Waals surface area (Å²) in [7, 11) is 1.96. The predicted molar refractivity (Wildman–Crippen MR) is 68.0 cm³/mol. The molecule has 1 amide bonds. The van der Waals surface area contributed by atoms with Crippen molar-refractivity contribution in [3.63, 3.8) is 0 Å². The Morgan fingerprint density at radius 3 is 2.78 bits per heavy atom. The number of amides is 1. The molecule has 1 saturated heterocycles. The highest BCUT2D eigenvalue weighted by Gasteiger charge is 2.19. The first kappa shape index (κ1) is 13.0. The molecular formula is C12H21N5O. The van der Waals surface area contributed by atoms with E-state index in [1.54, 1.807) is 13.3 Å². The summed E-state index contributed by atoms with van der Waals surface area (Å²) in [5.41, 5.74) is 0. The number of hydrogen-bond donors (Lipinski definition) is 1. The maximum absolute atomic E-state index is 11.2. The summed E-state index contributed by atoms with van der Waals surface area (Å²) in [5.74, 6) is 1.19. The van der Waals surface area contributed by atoms with E-state index in [2.05, 4.69) is 15.5 Å². The van der Waals surface area contributed by atoms with E-state index in [9.17, 15) is 4.79 Å². The van der Waals surface area contributed by atoms with Crippen LogP contribution in [0.2, 0.25) is 0 Å². The van der Waals surface area contributed by atoms with Gasteiger partial charge in [-0.3, -0.25) is 4.79 Å². The van der Waals surface area contributed by atoms with Gasteiger partial charge in [-0.15, -0.1) is 10.2 Å². The topological polar surface area (TPSA) is 63.1 Å². The molecule has 6 nitrogen and oxygen atoms in total. The van der Waals surface area contributed by atoms with Gasteiger partial charge in [-0.05, 0) is 12.8 Å². The third-order valence-corrected chi connectivity index (χ3v) is 3.53. The molecule has 0 unspecified atom stereocenters. The molecule has 1 fully saturated rings. The SMILES string of the molecule is CC(=O)N1CCC(NCCc2nncn2C)CC1. The van der Waals surface area contributed by atoms with Gasteiger partial charge in [0.05, 0.1) is 0 Å². The van der Waals surface area contributed by atoms with Crippen molar-refractivity contribution >= 4 is 5.91 Å². The highest BCUT2D eigenvalue weighted by atomic mass is 16.2. The lowest BCUT2D eigenvalue weighted by atomic mass is 10.0. The van der Waals surface area contributed by atoms with Crippen LogP contribution in [0.15, 0.2) is 6.33 Å². The summed E-state index contributed by atoms with van der Waals surface area (Å²) in [5, 5.41) is 11.4. The smallest absolute Gasteiger partial charge is 0.219 e. The number of aromatic nitrogens is 3. The summed E-state index contributed by atoms with van der Waals surface area (Å²) >= 11 is 0. The minimum Gasteiger partial charge on any atom is -0.343 e. The van der Waals surface area contributed by atoms with Crippen molar-refractivity contribution < 1.29 is 4.79 Å². The van der Waals surface area contributed by atoms with Gasteiger partial charge in [0, 0.05) is 46.1 Å². The van der Waals surface area contributed by atoms with E-state index in [-0.39, 0.29) is 5.91 Å². The van der Waals surface area contributed by atoms with Crippen molar-refractivity contribution in [3.05, 3.63) is 12.2 Å². The fourth-order valence-corrected chi connectivity index (χ4v) is 2.32. The van der Waals surface area contributed by atoms with E-state index in [4.69, 9.17) is 0 Å². The molecule has 1 aromatic heterocycles. The lowest BCUT2D eigenvalue weighted by Gasteiger charge is -2.31. The Hall–Kier alpha value is -1.43. The Morgan fingerprint density at radius 2 is 2.22 bits per heavy atom. The highest BCUT2D eigenvalue weighted by molar-refractivity contribution is 5.73. The first-order chi connectivity index (χ1) is 8.66. The van der Waals surface area contributed by atoms with Crippen molar-refractivity contribution in [1.29, 1.82) is 0 Å². The second-order valence-corrected chi connectivity index (χ2v) is 4.84. The fourth-order valence-electron chi connectivity index (χ4n) is 2.32. The Labute approximate surface area is 107 Å². The predicted octanol–water partition coefficient (Wildman–Crippen LogP) is -0.0419. The molecule has 1 aliphatic rings. The van der Waals surface area contributed by atoms with Crippen molar-refractivity contribution in [2.75, 3.05) is 19.6 Å². The third kappa shape index (κ3) is 3.29. The monoisotopic (exact) mass is 251 g/mol. The van der Waals surface area contributed by atoms with Crippen LogP contribution in [0.4, 0.5) is 0 Å². The molecule has 0 bridgehead atoms. The molecule has 1 N–H and O–H groups in total. The first-order valence-electron chi connectivity index (χ1n) is 6.48. The molecule has 0 radical (unpaired) electrons. The van der Waals surface area contributed by atoms with Crippen LogP contribution in [0.5, 0.6) is 0 Å². The maximum Gasteiger partial charge on any atom is 0.219 e. The van der Waals surface area contributed by atoms with E-state index >= 15 is 0 Å². The summed E-state index contributed by atoms with van der Waals surface area (Å²) in [6, 6.07) is 0.522. The van der Waals surface area contributed by atoms with E-state index < -0.39 is 0 Å². The number of rotatable bonds is 4. The second-order valence-electron chi connectivity index (χ2n) is 4.84. The van der Waals surface area contributed by atoms with Crippen molar-refractivity contribution in [3.8, 4) is 0 Å². The zero-order chi connectivity index (χ0) is 13.0. The summed E-state index contributed by atoms with van der Waals surface area (Å²) in [6.07, 6.45) is 4.70. The lowest BCUT2D eigenvalue weighted by molar-refractivity contribution is -0.129. The molecule has 1 aromatic rings. The molecule has 0 atom stereocenters. The number of carbonyl (C=O) groups excluding carboxylic acids is 1. The minimum absolute atomic E-state index is 0.188. The van der Waals surface area contributed by atoms with Crippen LogP contribution in [0.25, 0.3) is 0 Å². The number of aryl methyl sites for hydroxylation is 1. The van der Waals surface area contributed by atoms with Gasteiger partial charge in [-0.25, -0.2) is 0 Å². The molecule has 2 rings (SSSR count). The quantitative estimate of drug-likeness (QED) is 0.815. The van der Waals surface area contributed by atoms with Crippen LogP contribution >= 0.6 is 0 Å². The summed E-state index contributed by atoms with van der Waals surface area (Å²) < 4.78 is 1.94.